The number of halogens is 3. The number of aryl methyl sites for hydroxylation is 1. The third-order valence-electron chi connectivity index (χ3n) is 1.88. The first-order valence-electron chi connectivity index (χ1n) is 4.59. The van der Waals surface area contributed by atoms with Crippen molar-refractivity contribution in [3.63, 3.8) is 0 Å². The van der Waals surface area contributed by atoms with Gasteiger partial charge in [0.1, 0.15) is 12.3 Å². The van der Waals surface area contributed by atoms with Crippen LogP contribution in [-0.2, 0) is 11.8 Å². The summed E-state index contributed by atoms with van der Waals surface area (Å²) in [5.74, 6) is -0.278. The lowest BCUT2D eigenvalue weighted by Crippen LogP contribution is -2.12. The molecule has 0 aromatic carbocycles. The van der Waals surface area contributed by atoms with Crippen LogP contribution in [0.3, 0.4) is 0 Å². The van der Waals surface area contributed by atoms with Crippen LogP contribution in [0.15, 0.2) is 6.20 Å². The van der Waals surface area contributed by atoms with Crippen molar-refractivity contribution in [2.24, 2.45) is 7.05 Å². The fourth-order valence-electron chi connectivity index (χ4n) is 1.18. The van der Waals surface area contributed by atoms with Crippen molar-refractivity contribution in [1.82, 2.24) is 9.78 Å². The first-order valence-corrected chi connectivity index (χ1v) is 4.96. The maximum absolute atomic E-state index is 11.7. The van der Waals surface area contributed by atoms with Gasteiger partial charge in [-0.1, -0.05) is 11.6 Å². The highest BCUT2D eigenvalue weighted by molar-refractivity contribution is 6.33. The van der Waals surface area contributed by atoms with Gasteiger partial charge in [-0.2, -0.15) is 5.10 Å². The van der Waals surface area contributed by atoms with Crippen LogP contribution in [0.5, 0.6) is 0 Å². The number of aromatic nitrogens is 2. The molecule has 1 rings (SSSR count). The van der Waals surface area contributed by atoms with E-state index in [-0.39, 0.29) is 29.5 Å². The molecule has 7 heteroatoms. The Balaban J connectivity index is 2.41. The Morgan fingerprint density at radius 1 is 1.69 bits per heavy atom. The summed E-state index contributed by atoms with van der Waals surface area (Å²) in [4.78, 5) is 11.6. The molecule has 0 radical (unpaired) electrons. The Labute approximate surface area is 96.1 Å². The molecule has 0 aliphatic heterocycles. The van der Waals surface area contributed by atoms with Crippen molar-refractivity contribution < 1.29 is 18.3 Å². The van der Waals surface area contributed by atoms with E-state index < -0.39 is 13.0 Å². The SMILES string of the molecule is Cn1ncc(Cl)c1C(=O)CCOCC(F)F. The van der Waals surface area contributed by atoms with E-state index in [0.29, 0.717) is 0 Å². The van der Waals surface area contributed by atoms with E-state index in [4.69, 9.17) is 11.6 Å². The largest absolute Gasteiger partial charge is 0.375 e. The highest BCUT2D eigenvalue weighted by atomic mass is 35.5. The predicted molar refractivity (Wildman–Crippen MR) is 54.0 cm³/mol. The Kier molecular flexibility index (Phi) is 4.82. The van der Waals surface area contributed by atoms with Crippen LogP contribution in [0.1, 0.15) is 16.9 Å². The summed E-state index contributed by atoms with van der Waals surface area (Å²) in [7, 11) is 1.58. The lowest BCUT2D eigenvalue weighted by molar-refractivity contribution is 0.0169. The van der Waals surface area contributed by atoms with Crippen molar-refractivity contribution in [3.8, 4) is 0 Å². The molecule has 0 fully saturated rings. The fourth-order valence-corrected chi connectivity index (χ4v) is 1.45. The van der Waals surface area contributed by atoms with E-state index in [1.807, 2.05) is 0 Å². The summed E-state index contributed by atoms with van der Waals surface area (Å²) in [5.41, 5.74) is 0.266. The van der Waals surface area contributed by atoms with Crippen molar-refractivity contribution in [1.29, 1.82) is 0 Å². The highest BCUT2D eigenvalue weighted by Crippen LogP contribution is 2.15. The summed E-state index contributed by atoms with van der Waals surface area (Å²) < 4.78 is 29.4. The number of rotatable bonds is 6. The molecule has 0 spiro atoms. The Bertz CT molecular complexity index is 349. The van der Waals surface area contributed by atoms with E-state index in [2.05, 4.69) is 9.84 Å². The second-order valence-corrected chi connectivity index (χ2v) is 3.51. The molecule has 1 heterocycles. The third-order valence-corrected chi connectivity index (χ3v) is 2.15. The lowest BCUT2D eigenvalue weighted by atomic mass is 10.2. The highest BCUT2D eigenvalue weighted by Gasteiger charge is 2.15. The van der Waals surface area contributed by atoms with E-state index in [9.17, 15) is 13.6 Å². The minimum Gasteiger partial charge on any atom is -0.375 e. The average molecular weight is 253 g/mol. The van der Waals surface area contributed by atoms with Gasteiger partial charge in [0.15, 0.2) is 5.78 Å². The quantitative estimate of drug-likeness (QED) is 0.574. The van der Waals surface area contributed by atoms with E-state index in [1.165, 1.54) is 10.9 Å². The van der Waals surface area contributed by atoms with Gasteiger partial charge in [0.05, 0.1) is 17.8 Å². The molecule has 0 amide bonds. The number of alkyl halides is 2. The number of hydrogen-bond donors (Lipinski definition) is 0. The zero-order valence-corrected chi connectivity index (χ0v) is 9.38. The van der Waals surface area contributed by atoms with E-state index in [1.54, 1.807) is 7.05 Å². The first-order chi connectivity index (χ1) is 7.52. The van der Waals surface area contributed by atoms with Crippen LogP contribution in [0.2, 0.25) is 5.02 Å². The predicted octanol–water partition coefficient (Wildman–Crippen LogP) is 1.93. The smallest absolute Gasteiger partial charge is 0.261 e. The van der Waals surface area contributed by atoms with Gasteiger partial charge in [0.25, 0.3) is 6.43 Å². The summed E-state index contributed by atoms with van der Waals surface area (Å²) in [6, 6.07) is 0. The van der Waals surface area contributed by atoms with Gasteiger partial charge in [-0.3, -0.25) is 9.48 Å². The number of ether oxygens (including phenoxy) is 1. The molecule has 1 aromatic heterocycles. The van der Waals surface area contributed by atoms with Crippen LogP contribution in [0, 0.1) is 0 Å². The minimum atomic E-state index is -2.52. The molecule has 0 unspecified atom stereocenters. The van der Waals surface area contributed by atoms with Crippen molar-refractivity contribution >= 4 is 17.4 Å². The number of nitrogens with zero attached hydrogens (tertiary/aromatic N) is 2. The van der Waals surface area contributed by atoms with Gasteiger partial charge in [-0.05, 0) is 0 Å². The molecular weight excluding hydrogens is 242 g/mol. The van der Waals surface area contributed by atoms with Gasteiger partial charge in [-0.25, -0.2) is 8.78 Å². The van der Waals surface area contributed by atoms with Crippen LogP contribution in [0.25, 0.3) is 0 Å². The van der Waals surface area contributed by atoms with Crippen LogP contribution in [0.4, 0.5) is 8.78 Å². The molecule has 0 atom stereocenters. The molecule has 0 aliphatic rings. The molecule has 90 valence electrons. The Morgan fingerprint density at radius 3 is 2.88 bits per heavy atom. The monoisotopic (exact) mass is 252 g/mol. The van der Waals surface area contributed by atoms with Crippen LogP contribution >= 0.6 is 11.6 Å². The Hall–Kier alpha value is -1.01. The van der Waals surface area contributed by atoms with Gasteiger partial charge in [-0.15, -0.1) is 0 Å². The summed E-state index contributed by atoms with van der Waals surface area (Å²) >= 11 is 5.74. The zero-order chi connectivity index (χ0) is 12.1. The topological polar surface area (TPSA) is 44.1 Å². The molecule has 4 nitrogen and oxygen atoms in total. The van der Waals surface area contributed by atoms with Crippen LogP contribution in [-0.4, -0.2) is 35.2 Å². The van der Waals surface area contributed by atoms with Crippen molar-refractivity contribution in [2.45, 2.75) is 12.8 Å². The molecule has 0 aliphatic carbocycles. The number of carbonyl (C=O) groups is 1. The average Bonchev–Trinajstić information content (AvgIpc) is 2.53. The summed E-state index contributed by atoms with van der Waals surface area (Å²) in [6.07, 6.45) is -1.16. The maximum atomic E-state index is 11.7. The number of carbonyl (C=O) groups excluding carboxylic acids is 1. The summed E-state index contributed by atoms with van der Waals surface area (Å²) in [5, 5.41) is 4.05. The van der Waals surface area contributed by atoms with Crippen molar-refractivity contribution in [3.05, 3.63) is 16.9 Å². The van der Waals surface area contributed by atoms with Crippen molar-refractivity contribution in [2.75, 3.05) is 13.2 Å². The number of ketones is 1. The van der Waals surface area contributed by atoms with Gasteiger partial charge < -0.3 is 4.74 Å². The molecule has 0 saturated heterocycles. The summed E-state index contributed by atoms with van der Waals surface area (Å²) in [6.45, 7) is -0.711. The zero-order valence-electron chi connectivity index (χ0n) is 8.62. The molecule has 0 bridgehead atoms. The second kappa shape index (κ2) is 5.91. The van der Waals surface area contributed by atoms with Gasteiger partial charge in [0.2, 0.25) is 0 Å². The van der Waals surface area contributed by atoms with Gasteiger partial charge >= 0.3 is 0 Å². The molecular formula is C9H11ClF2N2O2. The number of Topliss-reactive ketones (excluding diaryl/α,β-unsaturated/α-hetero) is 1. The maximum Gasteiger partial charge on any atom is 0.261 e. The molecule has 0 N–H and O–H groups in total. The minimum absolute atomic E-state index is 0.00593. The lowest BCUT2D eigenvalue weighted by Gasteiger charge is -2.03. The molecule has 16 heavy (non-hydrogen) atoms. The Morgan fingerprint density at radius 2 is 2.38 bits per heavy atom. The standard InChI is InChI=1S/C9H11ClF2N2O2/c1-14-9(6(10)4-13-14)7(15)2-3-16-5-8(11)12/h4,8H,2-3,5H2,1H3. The van der Waals surface area contributed by atoms with Crippen LogP contribution < -0.4 is 0 Å². The van der Waals surface area contributed by atoms with E-state index >= 15 is 0 Å². The van der Waals surface area contributed by atoms with Gasteiger partial charge in [0, 0.05) is 13.5 Å². The fraction of sp³-hybridized carbons (Fsp3) is 0.556. The first kappa shape index (κ1) is 13.1. The molecule has 1 aromatic rings. The third kappa shape index (κ3) is 3.53. The number of hydrogen-bond acceptors (Lipinski definition) is 3. The second-order valence-electron chi connectivity index (χ2n) is 3.10. The van der Waals surface area contributed by atoms with E-state index in [0.717, 1.165) is 0 Å². The normalized spacial score (nSPS) is 11.1. The molecule has 0 saturated carbocycles.